The Labute approximate surface area is 105 Å². The molecule has 0 aliphatic rings. The van der Waals surface area contributed by atoms with Crippen molar-refractivity contribution in [2.75, 3.05) is 0 Å². The first kappa shape index (κ1) is 13.9. The molecule has 1 aromatic carbocycles. The number of carboxylic acid groups (broad SMARTS) is 1. The van der Waals surface area contributed by atoms with E-state index < -0.39 is 18.0 Å². The molecule has 0 spiro atoms. The van der Waals surface area contributed by atoms with Crippen LogP contribution in [0.15, 0.2) is 36.4 Å². The van der Waals surface area contributed by atoms with Crippen molar-refractivity contribution in [3.05, 3.63) is 42.0 Å². The minimum Gasteiger partial charge on any atom is -0.480 e. The Kier molecular flexibility index (Phi) is 4.62. The maximum Gasteiger partial charge on any atom is 0.338 e. The number of nitrogens with two attached hydrogens (primary N) is 1. The molecule has 1 rings (SSSR count). The fraction of sp³-hybridized carbons (Fsp3) is 0.231. The highest BCUT2D eigenvalue weighted by atomic mass is 16.5. The number of carbonyl (C=O) groups excluding carboxylic acids is 1. The summed E-state index contributed by atoms with van der Waals surface area (Å²) in [6.07, 6.45) is 0.226. The molecule has 96 valence electrons. The van der Waals surface area contributed by atoms with Crippen LogP contribution in [-0.4, -0.2) is 23.1 Å². The van der Waals surface area contributed by atoms with E-state index in [0.29, 0.717) is 11.3 Å². The average Bonchev–Trinajstić information content (AvgIpc) is 2.31. The Morgan fingerprint density at radius 2 is 1.94 bits per heavy atom. The summed E-state index contributed by atoms with van der Waals surface area (Å²) in [5.74, 6) is -1.16. The van der Waals surface area contributed by atoms with Gasteiger partial charge in [-0.2, -0.15) is 0 Å². The molecular formula is C13H15NO4. The lowest BCUT2D eigenvalue weighted by Crippen LogP contribution is -2.32. The maximum absolute atomic E-state index is 11.2. The van der Waals surface area contributed by atoms with Crippen LogP contribution in [0.4, 0.5) is 0 Å². The lowest BCUT2D eigenvalue weighted by Gasteiger charge is -2.07. The van der Waals surface area contributed by atoms with E-state index in [4.69, 9.17) is 15.6 Å². The number of hydrogen-bond donors (Lipinski definition) is 2. The number of carbonyl (C=O) groups is 2. The molecule has 0 aliphatic carbocycles. The van der Waals surface area contributed by atoms with Crippen molar-refractivity contribution in [1.82, 2.24) is 0 Å². The highest BCUT2D eigenvalue weighted by Crippen LogP contribution is 2.14. The zero-order valence-electron chi connectivity index (χ0n) is 10.1. The molecule has 1 aromatic rings. The number of carboxylic acids is 1. The molecular weight excluding hydrogens is 234 g/mol. The summed E-state index contributed by atoms with van der Waals surface area (Å²) >= 11 is 0. The molecule has 0 saturated carbocycles. The molecule has 0 heterocycles. The van der Waals surface area contributed by atoms with Crippen LogP contribution < -0.4 is 10.5 Å². The number of aliphatic carboxylic acids is 1. The zero-order valence-corrected chi connectivity index (χ0v) is 10.1. The lowest BCUT2D eigenvalue weighted by molar-refractivity contribution is -0.138. The molecule has 5 heteroatoms. The summed E-state index contributed by atoms with van der Waals surface area (Å²) in [7, 11) is 0. The SMILES string of the molecule is C=C(C)C(=O)Oc1ccc(CC(N)C(=O)O)cc1. The first-order valence-electron chi connectivity index (χ1n) is 5.35. The normalized spacial score (nSPS) is 11.7. The summed E-state index contributed by atoms with van der Waals surface area (Å²) in [6.45, 7) is 5.03. The largest absolute Gasteiger partial charge is 0.480 e. The van der Waals surface area contributed by atoms with Gasteiger partial charge in [0, 0.05) is 5.57 Å². The van der Waals surface area contributed by atoms with Crippen LogP contribution in [0, 0.1) is 0 Å². The van der Waals surface area contributed by atoms with Gasteiger partial charge >= 0.3 is 11.9 Å². The number of benzene rings is 1. The third-order valence-corrected chi connectivity index (χ3v) is 2.26. The van der Waals surface area contributed by atoms with Gasteiger partial charge in [-0.15, -0.1) is 0 Å². The molecule has 1 unspecified atom stereocenters. The fourth-order valence-electron chi connectivity index (χ4n) is 1.23. The van der Waals surface area contributed by atoms with Crippen LogP contribution in [0.3, 0.4) is 0 Å². The predicted octanol–water partition coefficient (Wildman–Crippen LogP) is 1.12. The van der Waals surface area contributed by atoms with E-state index in [1.807, 2.05) is 0 Å². The third-order valence-electron chi connectivity index (χ3n) is 2.26. The van der Waals surface area contributed by atoms with Crippen molar-refractivity contribution in [3.63, 3.8) is 0 Å². The van der Waals surface area contributed by atoms with Gasteiger partial charge < -0.3 is 15.6 Å². The van der Waals surface area contributed by atoms with E-state index in [1.165, 1.54) is 0 Å². The van der Waals surface area contributed by atoms with Crippen LogP contribution >= 0.6 is 0 Å². The molecule has 18 heavy (non-hydrogen) atoms. The van der Waals surface area contributed by atoms with Crippen molar-refractivity contribution in [1.29, 1.82) is 0 Å². The predicted molar refractivity (Wildman–Crippen MR) is 66.2 cm³/mol. The van der Waals surface area contributed by atoms with Crippen molar-refractivity contribution < 1.29 is 19.4 Å². The third kappa shape index (κ3) is 4.03. The smallest absolute Gasteiger partial charge is 0.338 e. The van der Waals surface area contributed by atoms with E-state index in [-0.39, 0.29) is 6.42 Å². The Morgan fingerprint density at radius 1 is 1.39 bits per heavy atom. The molecule has 0 aromatic heterocycles. The second-order valence-corrected chi connectivity index (χ2v) is 3.96. The molecule has 5 nitrogen and oxygen atoms in total. The molecule has 0 saturated heterocycles. The Bertz CT molecular complexity index is 464. The summed E-state index contributed by atoms with van der Waals surface area (Å²) in [5, 5.41) is 8.67. The van der Waals surface area contributed by atoms with Crippen LogP contribution in [0.25, 0.3) is 0 Å². The number of esters is 1. The van der Waals surface area contributed by atoms with E-state index in [0.717, 1.165) is 5.56 Å². The maximum atomic E-state index is 11.2. The van der Waals surface area contributed by atoms with Gasteiger partial charge in [-0.3, -0.25) is 4.79 Å². The summed E-state index contributed by atoms with van der Waals surface area (Å²) in [5.41, 5.74) is 6.49. The average molecular weight is 249 g/mol. The monoisotopic (exact) mass is 249 g/mol. The van der Waals surface area contributed by atoms with Crippen LogP contribution in [-0.2, 0) is 16.0 Å². The van der Waals surface area contributed by atoms with Crippen molar-refractivity contribution in [3.8, 4) is 5.75 Å². The standard InChI is InChI=1S/C13H15NO4/c1-8(2)13(17)18-10-5-3-9(4-6-10)7-11(14)12(15)16/h3-6,11H,1,7,14H2,2H3,(H,15,16). The van der Waals surface area contributed by atoms with Gasteiger partial charge in [0.05, 0.1) is 0 Å². The van der Waals surface area contributed by atoms with Gasteiger partial charge in [-0.05, 0) is 31.0 Å². The van der Waals surface area contributed by atoms with Gasteiger partial charge in [0.1, 0.15) is 11.8 Å². The van der Waals surface area contributed by atoms with E-state index >= 15 is 0 Å². The van der Waals surface area contributed by atoms with Crippen LogP contribution in [0.1, 0.15) is 12.5 Å². The van der Waals surface area contributed by atoms with Gasteiger partial charge in [0.15, 0.2) is 0 Å². The lowest BCUT2D eigenvalue weighted by atomic mass is 10.1. The molecule has 0 bridgehead atoms. The molecule has 0 radical (unpaired) electrons. The molecule has 1 atom stereocenters. The Morgan fingerprint density at radius 3 is 2.39 bits per heavy atom. The van der Waals surface area contributed by atoms with Gasteiger partial charge in [0.2, 0.25) is 0 Å². The second kappa shape index (κ2) is 5.97. The number of rotatable bonds is 5. The van der Waals surface area contributed by atoms with Crippen LogP contribution in [0.2, 0.25) is 0 Å². The second-order valence-electron chi connectivity index (χ2n) is 3.96. The van der Waals surface area contributed by atoms with Crippen molar-refractivity contribution in [2.24, 2.45) is 5.73 Å². The fourth-order valence-corrected chi connectivity index (χ4v) is 1.23. The first-order valence-corrected chi connectivity index (χ1v) is 5.35. The van der Waals surface area contributed by atoms with E-state index in [2.05, 4.69) is 6.58 Å². The van der Waals surface area contributed by atoms with Crippen LogP contribution in [0.5, 0.6) is 5.75 Å². The number of ether oxygens (including phenoxy) is 1. The Hall–Kier alpha value is -2.14. The van der Waals surface area contributed by atoms with Gasteiger partial charge in [-0.25, -0.2) is 4.79 Å². The molecule has 0 fully saturated rings. The quantitative estimate of drug-likeness (QED) is 0.463. The summed E-state index contributed by atoms with van der Waals surface area (Å²) in [6, 6.07) is 5.58. The molecule has 0 amide bonds. The van der Waals surface area contributed by atoms with E-state index in [1.54, 1.807) is 31.2 Å². The van der Waals surface area contributed by atoms with Gasteiger partial charge in [-0.1, -0.05) is 18.7 Å². The molecule has 3 N–H and O–H groups in total. The summed E-state index contributed by atoms with van der Waals surface area (Å²) in [4.78, 5) is 21.8. The highest BCUT2D eigenvalue weighted by Gasteiger charge is 2.12. The van der Waals surface area contributed by atoms with Gasteiger partial charge in [0.25, 0.3) is 0 Å². The zero-order chi connectivity index (χ0) is 13.7. The topological polar surface area (TPSA) is 89.6 Å². The minimum atomic E-state index is -1.05. The first-order chi connectivity index (χ1) is 8.40. The highest BCUT2D eigenvalue weighted by molar-refractivity contribution is 5.88. The Balaban J connectivity index is 2.66. The number of hydrogen-bond acceptors (Lipinski definition) is 4. The minimum absolute atomic E-state index is 0.226. The van der Waals surface area contributed by atoms with E-state index in [9.17, 15) is 9.59 Å². The molecule has 0 aliphatic heterocycles. The van der Waals surface area contributed by atoms with Crippen molar-refractivity contribution in [2.45, 2.75) is 19.4 Å². The van der Waals surface area contributed by atoms with Crippen molar-refractivity contribution >= 4 is 11.9 Å². The summed E-state index contributed by atoms with van der Waals surface area (Å²) < 4.78 is 5.00.